The molecule has 1 aromatic carbocycles. The van der Waals surface area contributed by atoms with Crippen LogP contribution < -0.4 is 16.0 Å². The quantitative estimate of drug-likeness (QED) is 0.494. The zero-order valence-electron chi connectivity index (χ0n) is 10.1. The van der Waals surface area contributed by atoms with Crippen LogP contribution in [0, 0.1) is 5.82 Å². The van der Waals surface area contributed by atoms with Crippen LogP contribution in [0.25, 0.3) is 0 Å². The molecule has 0 bridgehead atoms. The predicted octanol–water partition coefficient (Wildman–Crippen LogP) is 3.47. The van der Waals surface area contributed by atoms with Crippen LogP contribution in [0.5, 0.6) is 11.6 Å². The van der Waals surface area contributed by atoms with Crippen molar-refractivity contribution in [3.05, 3.63) is 40.4 Å². The van der Waals surface area contributed by atoms with Crippen molar-refractivity contribution in [3.63, 3.8) is 0 Å². The van der Waals surface area contributed by atoms with E-state index in [1.54, 1.807) is 0 Å². The van der Waals surface area contributed by atoms with Gasteiger partial charge in [0.05, 0.1) is 0 Å². The van der Waals surface area contributed by atoms with E-state index in [9.17, 15) is 17.6 Å². The minimum absolute atomic E-state index is 0.284. The van der Waals surface area contributed by atoms with Crippen molar-refractivity contribution in [3.8, 4) is 11.6 Å². The highest BCUT2D eigenvalue weighted by Crippen LogP contribution is 2.31. The molecule has 21 heavy (non-hydrogen) atoms. The molecule has 5 nitrogen and oxygen atoms in total. The van der Waals surface area contributed by atoms with E-state index in [0.717, 1.165) is 12.1 Å². The Kier molecular flexibility index (Phi) is 4.28. The summed E-state index contributed by atoms with van der Waals surface area (Å²) in [5.74, 6) is 1.72. The third-order valence-electron chi connectivity index (χ3n) is 2.21. The molecule has 0 amide bonds. The van der Waals surface area contributed by atoms with E-state index in [-0.39, 0.29) is 11.6 Å². The van der Waals surface area contributed by atoms with Gasteiger partial charge in [-0.3, -0.25) is 0 Å². The average molecular weight is 367 g/mol. The van der Waals surface area contributed by atoms with Crippen LogP contribution in [-0.4, -0.2) is 9.97 Å². The fourth-order valence-electron chi connectivity index (χ4n) is 1.35. The first kappa shape index (κ1) is 15.4. The third-order valence-corrected chi connectivity index (χ3v) is 2.71. The molecule has 10 heteroatoms. The highest BCUT2D eigenvalue weighted by Gasteiger charge is 2.35. The van der Waals surface area contributed by atoms with Crippen molar-refractivity contribution in [1.29, 1.82) is 0 Å². The van der Waals surface area contributed by atoms with Gasteiger partial charge in [-0.05, 0) is 18.2 Å². The molecule has 0 aliphatic carbocycles. The van der Waals surface area contributed by atoms with Gasteiger partial charge in [-0.15, -0.1) is 0 Å². The van der Waals surface area contributed by atoms with Gasteiger partial charge in [0, 0.05) is 10.5 Å². The van der Waals surface area contributed by atoms with Crippen molar-refractivity contribution in [1.82, 2.24) is 9.97 Å². The van der Waals surface area contributed by atoms with Gasteiger partial charge in [0.1, 0.15) is 5.82 Å². The third kappa shape index (κ3) is 3.79. The van der Waals surface area contributed by atoms with Gasteiger partial charge in [0.2, 0.25) is 11.7 Å². The summed E-state index contributed by atoms with van der Waals surface area (Å²) in [4.78, 5) is 6.33. The first-order valence-electron chi connectivity index (χ1n) is 5.35. The monoisotopic (exact) mass is 366 g/mol. The van der Waals surface area contributed by atoms with Gasteiger partial charge in [0.15, 0.2) is 11.6 Å². The van der Waals surface area contributed by atoms with E-state index in [0.29, 0.717) is 4.47 Å². The Balaban J connectivity index is 2.39. The molecule has 112 valence electrons. The van der Waals surface area contributed by atoms with E-state index in [2.05, 4.69) is 25.9 Å². The topological polar surface area (TPSA) is 73.1 Å². The average Bonchev–Trinajstić information content (AvgIpc) is 2.40. The number of hydrazine groups is 1. The molecule has 0 fully saturated rings. The second kappa shape index (κ2) is 5.82. The number of hydrogen-bond donors (Lipinski definition) is 2. The van der Waals surface area contributed by atoms with Crippen LogP contribution in [0.4, 0.5) is 23.4 Å². The van der Waals surface area contributed by atoms with E-state index >= 15 is 0 Å². The summed E-state index contributed by atoms with van der Waals surface area (Å²) < 4.78 is 56.9. The van der Waals surface area contributed by atoms with Crippen LogP contribution in [0.2, 0.25) is 0 Å². The maximum atomic E-state index is 13.6. The highest BCUT2D eigenvalue weighted by atomic mass is 79.9. The molecule has 0 saturated carbocycles. The number of anilines is 1. The summed E-state index contributed by atoms with van der Waals surface area (Å²) in [5, 5.41) is 0. The Morgan fingerprint density at radius 2 is 1.90 bits per heavy atom. The maximum Gasteiger partial charge on any atom is 0.451 e. The molecule has 0 aliphatic heterocycles. The molecular weight excluding hydrogens is 360 g/mol. The molecule has 0 radical (unpaired) electrons. The Morgan fingerprint density at radius 1 is 1.19 bits per heavy atom. The zero-order valence-corrected chi connectivity index (χ0v) is 11.7. The molecular formula is C11H7BrF4N4O. The normalized spacial score (nSPS) is 11.3. The second-order valence-electron chi connectivity index (χ2n) is 3.73. The van der Waals surface area contributed by atoms with Crippen LogP contribution in [0.3, 0.4) is 0 Å². The Labute approximate surface area is 124 Å². The van der Waals surface area contributed by atoms with Crippen LogP contribution >= 0.6 is 15.9 Å². The van der Waals surface area contributed by atoms with Gasteiger partial charge < -0.3 is 10.2 Å². The van der Waals surface area contributed by atoms with Crippen molar-refractivity contribution < 1.29 is 22.3 Å². The summed E-state index contributed by atoms with van der Waals surface area (Å²) in [6, 6.07) is 4.82. The predicted molar refractivity (Wildman–Crippen MR) is 69.0 cm³/mol. The standard InChI is InChI=1S/C11H7BrF4N4O/c12-5-1-2-7(6(13)3-5)21-9-4-8(20-17)18-10(19-9)11(14,15)16/h1-4H,17H2,(H,18,19,20). The summed E-state index contributed by atoms with van der Waals surface area (Å²) in [5.41, 5.74) is 1.96. The minimum atomic E-state index is -4.79. The second-order valence-corrected chi connectivity index (χ2v) is 4.65. The number of ether oxygens (including phenoxy) is 1. The molecule has 1 aromatic heterocycles. The van der Waals surface area contributed by atoms with Crippen molar-refractivity contribution in [2.24, 2.45) is 5.84 Å². The summed E-state index contributed by atoms with van der Waals surface area (Å²) in [7, 11) is 0. The SMILES string of the molecule is NNc1cc(Oc2ccc(Br)cc2F)nc(C(F)(F)F)n1. The summed E-state index contributed by atoms with van der Waals surface area (Å²) in [6.45, 7) is 0. The van der Waals surface area contributed by atoms with Gasteiger partial charge >= 0.3 is 6.18 Å². The van der Waals surface area contributed by atoms with Crippen LogP contribution in [-0.2, 0) is 6.18 Å². The Bertz CT molecular complexity index is 665. The first-order chi connectivity index (χ1) is 9.79. The molecule has 0 atom stereocenters. The number of aromatic nitrogens is 2. The zero-order chi connectivity index (χ0) is 15.6. The number of rotatable bonds is 3. The number of halogens is 5. The van der Waals surface area contributed by atoms with Gasteiger partial charge in [-0.2, -0.15) is 18.2 Å². The van der Waals surface area contributed by atoms with E-state index < -0.39 is 23.7 Å². The van der Waals surface area contributed by atoms with E-state index in [1.165, 1.54) is 12.1 Å². The van der Waals surface area contributed by atoms with Crippen LogP contribution in [0.1, 0.15) is 5.82 Å². The summed E-state index contributed by atoms with van der Waals surface area (Å²) >= 11 is 3.05. The summed E-state index contributed by atoms with van der Waals surface area (Å²) in [6.07, 6.45) is -4.79. The van der Waals surface area contributed by atoms with Gasteiger partial charge in [0.25, 0.3) is 0 Å². The molecule has 2 aromatic rings. The molecule has 2 rings (SSSR count). The number of nitrogen functional groups attached to an aromatic ring is 1. The number of benzene rings is 1. The fraction of sp³-hybridized carbons (Fsp3) is 0.0909. The van der Waals surface area contributed by atoms with Crippen molar-refractivity contribution in [2.75, 3.05) is 5.43 Å². The molecule has 1 heterocycles. The molecule has 0 unspecified atom stereocenters. The smallest absolute Gasteiger partial charge is 0.436 e. The lowest BCUT2D eigenvalue weighted by molar-refractivity contribution is -0.145. The minimum Gasteiger partial charge on any atom is -0.436 e. The largest absolute Gasteiger partial charge is 0.451 e. The van der Waals surface area contributed by atoms with E-state index in [4.69, 9.17) is 10.6 Å². The highest BCUT2D eigenvalue weighted by molar-refractivity contribution is 9.10. The Morgan fingerprint density at radius 3 is 2.48 bits per heavy atom. The maximum absolute atomic E-state index is 13.6. The Hall–Kier alpha value is -1.94. The first-order valence-corrected chi connectivity index (χ1v) is 6.14. The number of nitrogens with two attached hydrogens (primary N) is 1. The van der Waals surface area contributed by atoms with Gasteiger partial charge in [-0.25, -0.2) is 15.2 Å². The van der Waals surface area contributed by atoms with Crippen molar-refractivity contribution in [2.45, 2.75) is 6.18 Å². The van der Waals surface area contributed by atoms with Gasteiger partial charge in [-0.1, -0.05) is 15.9 Å². The molecule has 0 saturated heterocycles. The van der Waals surface area contributed by atoms with Crippen LogP contribution in [0.15, 0.2) is 28.7 Å². The lowest BCUT2D eigenvalue weighted by Gasteiger charge is -2.11. The number of nitrogens with one attached hydrogen (secondary N) is 1. The van der Waals surface area contributed by atoms with Crippen molar-refractivity contribution >= 4 is 21.7 Å². The number of nitrogens with zero attached hydrogens (tertiary/aromatic N) is 2. The molecule has 0 aliphatic rings. The van der Waals surface area contributed by atoms with E-state index in [1.807, 2.05) is 5.43 Å². The molecule has 3 N–H and O–H groups in total. The number of alkyl halides is 3. The number of hydrogen-bond acceptors (Lipinski definition) is 5. The molecule has 0 spiro atoms. The lowest BCUT2D eigenvalue weighted by Crippen LogP contribution is -2.16. The lowest BCUT2D eigenvalue weighted by atomic mass is 10.3. The fourth-order valence-corrected chi connectivity index (χ4v) is 1.68.